The van der Waals surface area contributed by atoms with E-state index < -0.39 is 16.1 Å². The first-order valence-electron chi connectivity index (χ1n) is 10.1. The zero-order valence-electron chi connectivity index (χ0n) is 18.2. The van der Waals surface area contributed by atoms with Crippen LogP contribution in [0, 0.1) is 0 Å². The number of hydrogen-bond acceptors (Lipinski definition) is 4. The molecule has 1 heterocycles. The smallest absolute Gasteiger partial charge is 0.261 e. The Morgan fingerprint density at radius 1 is 1.13 bits per heavy atom. The molecule has 3 rings (SSSR count). The van der Waals surface area contributed by atoms with E-state index in [0.717, 1.165) is 11.8 Å². The molecule has 1 N–H and O–H groups in total. The van der Waals surface area contributed by atoms with Crippen molar-refractivity contribution in [2.45, 2.75) is 51.7 Å². The number of hydrogen-bond donors (Lipinski definition) is 1. The van der Waals surface area contributed by atoms with Crippen molar-refractivity contribution in [1.29, 1.82) is 0 Å². The van der Waals surface area contributed by atoms with Crippen molar-refractivity contribution in [1.82, 2.24) is 5.32 Å². The minimum Gasteiger partial charge on any atom is -0.478 e. The summed E-state index contributed by atoms with van der Waals surface area (Å²) in [5.41, 5.74) is 2.76. The van der Waals surface area contributed by atoms with Crippen molar-refractivity contribution in [2.24, 2.45) is 0 Å². The van der Waals surface area contributed by atoms with Gasteiger partial charge < -0.3 is 10.1 Å². The molecule has 7 heteroatoms. The summed E-state index contributed by atoms with van der Waals surface area (Å²) < 4.78 is 31.6. The van der Waals surface area contributed by atoms with Crippen LogP contribution in [0.3, 0.4) is 0 Å². The lowest BCUT2D eigenvalue weighted by atomic mass is 9.86. The first-order valence-corrected chi connectivity index (χ1v) is 12.0. The second-order valence-corrected chi connectivity index (χ2v) is 10.7. The van der Waals surface area contributed by atoms with Gasteiger partial charge >= 0.3 is 0 Å². The van der Waals surface area contributed by atoms with Gasteiger partial charge in [-0.1, -0.05) is 57.2 Å². The topological polar surface area (TPSA) is 75.7 Å². The molecule has 0 radical (unpaired) electrons. The Bertz CT molecular complexity index is 1010. The van der Waals surface area contributed by atoms with Gasteiger partial charge in [0.05, 0.1) is 18.0 Å². The Morgan fingerprint density at radius 3 is 2.37 bits per heavy atom. The highest BCUT2D eigenvalue weighted by atomic mass is 32.2. The minimum absolute atomic E-state index is 0.0675. The first kappa shape index (κ1) is 22.2. The second-order valence-electron chi connectivity index (χ2n) is 8.80. The molecular formula is C23H30N2O4S. The molecule has 2 aromatic carbocycles. The van der Waals surface area contributed by atoms with Crippen LogP contribution in [0.4, 0.5) is 5.69 Å². The van der Waals surface area contributed by atoms with E-state index in [1.807, 2.05) is 19.1 Å². The molecule has 0 fully saturated rings. The number of sulfonamides is 1. The summed E-state index contributed by atoms with van der Waals surface area (Å²) in [4.78, 5) is 12.9. The molecule has 1 amide bonds. The number of nitrogens with zero attached hydrogens (tertiary/aromatic N) is 1. The summed E-state index contributed by atoms with van der Waals surface area (Å²) in [5, 5.41) is 3.00. The number of nitrogens with one attached hydrogen (secondary N) is 1. The molecule has 0 saturated carbocycles. The summed E-state index contributed by atoms with van der Waals surface area (Å²) in [7, 11) is -3.47. The highest BCUT2D eigenvalue weighted by molar-refractivity contribution is 7.92. The zero-order valence-corrected chi connectivity index (χ0v) is 19.0. The maximum Gasteiger partial charge on any atom is 0.261 e. The fourth-order valence-electron chi connectivity index (χ4n) is 3.52. The number of rotatable bonds is 4. The zero-order chi connectivity index (χ0) is 22.1. The monoisotopic (exact) mass is 430 g/mol. The van der Waals surface area contributed by atoms with Gasteiger partial charge in [-0.05, 0) is 35.6 Å². The van der Waals surface area contributed by atoms with Gasteiger partial charge in [0.1, 0.15) is 5.75 Å². The van der Waals surface area contributed by atoms with Crippen LogP contribution in [0.2, 0.25) is 0 Å². The molecule has 0 bridgehead atoms. The predicted octanol–water partition coefficient (Wildman–Crippen LogP) is 3.78. The van der Waals surface area contributed by atoms with Crippen LogP contribution in [0.1, 0.15) is 51.3 Å². The summed E-state index contributed by atoms with van der Waals surface area (Å²) in [6, 6.07) is 14.9. The van der Waals surface area contributed by atoms with Crippen LogP contribution < -0.4 is 14.4 Å². The van der Waals surface area contributed by atoms with E-state index in [1.165, 1.54) is 9.87 Å². The van der Waals surface area contributed by atoms with Crippen LogP contribution in [0.15, 0.2) is 48.5 Å². The Kier molecular flexibility index (Phi) is 6.13. The molecule has 30 heavy (non-hydrogen) atoms. The fraction of sp³-hybridized carbons (Fsp3) is 0.435. The molecule has 1 aliphatic heterocycles. The SMILES string of the molecule is C[C@@H](NC(=O)[C@H]1CCN(S(C)(=O)=O)c2ccccc2O1)c1ccc(C(C)(C)C)cc1. The van der Waals surface area contributed by atoms with Crippen molar-refractivity contribution < 1.29 is 17.9 Å². The molecule has 1 aliphatic rings. The van der Waals surface area contributed by atoms with E-state index in [2.05, 4.69) is 38.2 Å². The number of fused-ring (bicyclic) bond motifs is 1. The number of benzene rings is 2. The van der Waals surface area contributed by atoms with Gasteiger partial charge in [-0.3, -0.25) is 9.10 Å². The molecule has 0 spiro atoms. The highest BCUT2D eigenvalue weighted by Crippen LogP contribution is 2.34. The number of carbonyl (C=O) groups is 1. The third-order valence-electron chi connectivity index (χ3n) is 5.33. The van der Waals surface area contributed by atoms with E-state index in [-0.39, 0.29) is 30.3 Å². The van der Waals surface area contributed by atoms with Crippen LogP contribution in [-0.2, 0) is 20.2 Å². The van der Waals surface area contributed by atoms with Crippen molar-refractivity contribution in [3.05, 3.63) is 59.7 Å². The quantitative estimate of drug-likeness (QED) is 0.801. The van der Waals surface area contributed by atoms with Gasteiger partial charge in [-0.2, -0.15) is 0 Å². The summed E-state index contributed by atoms with van der Waals surface area (Å²) >= 11 is 0. The van der Waals surface area contributed by atoms with Gasteiger partial charge in [0.2, 0.25) is 10.0 Å². The molecule has 0 aromatic heterocycles. The lowest BCUT2D eigenvalue weighted by Gasteiger charge is -2.22. The summed E-state index contributed by atoms with van der Waals surface area (Å²) in [6.07, 6.45) is 0.658. The lowest BCUT2D eigenvalue weighted by Crippen LogP contribution is -2.40. The maximum atomic E-state index is 12.9. The number of carbonyl (C=O) groups excluding carboxylic acids is 1. The fourth-order valence-corrected chi connectivity index (χ4v) is 4.47. The highest BCUT2D eigenvalue weighted by Gasteiger charge is 2.31. The molecule has 162 valence electrons. The predicted molar refractivity (Wildman–Crippen MR) is 119 cm³/mol. The third-order valence-corrected chi connectivity index (χ3v) is 6.51. The van der Waals surface area contributed by atoms with E-state index in [9.17, 15) is 13.2 Å². The maximum absolute atomic E-state index is 12.9. The van der Waals surface area contributed by atoms with E-state index >= 15 is 0 Å². The van der Waals surface area contributed by atoms with Crippen molar-refractivity contribution >= 4 is 21.6 Å². The number of para-hydroxylation sites is 2. The Morgan fingerprint density at radius 2 is 1.77 bits per heavy atom. The van der Waals surface area contributed by atoms with Gasteiger partial charge in [0.25, 0.3) is 5.91 Å². The third kappa shape index (κ3) is 4.95. The van der Waals surface area contributed by atoms with Crippen LogP contribution >= 0.6 is 0 Å². The Balaban J connectivity index is 1.74. The van der Waals surface area contributed by atoms with Gasteiger partial charge in [-0.25, -0.2) is 8.42 Å². The minimum atomic E-state index is -3.47. The van der Waals surface area contributed by atoms with E-state index in [1.54, 1.807) is 24.3 Å². The number of ether oxygens (including phenoxy) is 1. The van der Waals surface area contributed by atoms with Crippen LogP contribution in [-0.4, -0.2) is 33.2 Å². The van der Waals surface area contributed by atoms with Gasteiger partial charge in [0, 0.05) is 13.0 Å². The standard InChI is InChI=1S/C23H30N2O4S/c1-16(17-10-12-18(13-11-17)23(2,3)4)24-22(26)21-14-15-25(30(5,27)28)19-8-6-7-9-20(19)29-21/h6-13,16,21H,14-15H2,1-5H3,(H,24,26)/t16-,21-/m1/s1. The lowest BCUT2D eigenvalue weighted by molar-refractivity contribution is -0.128. The Hall–Kier alpha value is -2.54. The van der Waals surface area contributed by atoms with E-state index in [0.29, 0.717) is 11.4 Å². The molecule has 0 aliphatic carbocycles. The largest absolute Gasteiger partial charge is 0.478 e. The Labute approximate surface area is 179 Å². The van der Waals surface area contributed by atoms with Gasteiger partial charge in [0.15, 0.2) is 6.10 Å². The molecule has 6 nitrogen and oxygen atoms in total. The summed E-state index contributed by atoms with van der Waals surface area (Å²) in [6.45, 7) is 8.59. The van der Waals surface area contributed by atoms with Crippen LogP contribution in [0.25, 0.3) is 0 Å². The first-order chi connectivity index (χ1) is 14.0. The van der Waals surface area contributed by atoms with Crippen LogP contribution in [0.5, 0.6) is 5.75 Å². The van der Waals surface area contributed by atoms with E-state index in [4.69, 9.17) is 4.74 Å². The average molecular weight is 431 g/mol. The van der Waals surface area contributed by atoms with Crippen molar-refractivity contribution in [2.75, 3.05) is 17.1 Å². The molecule has 2 atom stereocenters. The molecule has 0 unspecified atom stereocenters. The van der Waals surface area contributed by atoms with Crippen molar-refractivity contribution in [3.8, 4) is 5.75 Å². The molecule has 2 aromatic rings. The average Bonchev–Trinajstić information content (AvgIpc) is 2.87. The van der Waals surface area contributed by atoms with Gasteiger partial charge in [-0.15, -0.1) is 0 Å². The van der Waals surface area contributed by atoms with Crippen molar-refractivity contribution in [3.63, 3.8) is 0 Å². The molecular weight excluding hydrogens is 400 g/mol. The summed E-state index contributed by atoms with van der Waals surface area (Å²) in [5.74, 6) is 0.135. The number of amides is 1. The normalized spacial score (nSPS) is 18.0. The molecule has 0 saturated heterocycles. The second kappa shape index (κ2) is 8.30. The number of anilines is 1.